The van der Waals surface area contributed by atoms with Crippen molar-refractivity contribution in [2.45, 2.75) is 51.4 Å². The van der Waals surface area contributed by atoms with E-state index in [2.05, 4.69) is 0 Å². The van der Waals surface area contributed by atoms with Gasteiger partial charge in [-0.15, -0.1) is 0 Å². The zero-order valence-corrected chi connectivity index (χ0v) is 9.70. The van der Waals surface area contributed by atoms with Crippen molar-refractivity contribution in [3.63, 3.8) is 0 Å². The van der Waals surface area contributed by atoms with Crippen molar-refractivity contribution in [3.05, 3.63) is 0 Å². The highest BCUT2D eigenvalue weighted by Crippen LogP contribution is 2.41. The van der Waals surface area contributed by atoms with Crippen LogP contribution in [0.4, 0.5) is 9.18 Å². The fourth-order valence-corrected chi connectivity index (χ4v) is 2.33. The molecular weight excluding hydrogens is 213 g/mol. The molecule has 2 amide bonds. The number of piperidine rings is 1. The molecule has 0 aromatic rings. The topological polar surface area (TPSA) is 46.6 Å². The lowest BCUT2D eigenvalue weighted by Gasteiger charge is -2.30. The summed E-state index contributed by atoms with van der Waals surface area (Å²) in [6, 6.07) is -0.604. The lowest BCUT2D eigenvalue weighted by atomic mass is 10.1. The third kappa shape index (κ3) is 1.79. The van der Waals surface area contributed by atoms with Crippen molar-refractivity contribution in [3.8, 4) is 0 Å². The van der Waals surface area contributed by atoms with E-state index in [4.69, 9.17) is 4.74 Å². The van der Waals surface area contributed by atoms with Gasteiger partial charge in [0.05, 0.1) is 6.04 Å². The number of amides is 2. The highest BCUT2D eigenvalue weighted by atomic mass is 19.1. The van der Waals surface area contributed by atoms with Gasteiger partial charge in [0.15, 0.2) is 0 Å². The number of nitrogens with zero attached hydrogens (tertiary/aromatic N) is 1. The predicted octanol–water partition coefficient (Wildman–Crippen LogP) is 1.88. The molecule has 0 unspecified atom stereocenters. The standard InChI is InChI=1S/C11H16FNO3/c1-11(2,3)16-10(15)13-8-5-6(9(13)14)4-7(8)12/h6-8H,4-5H2,1-3H3/t6-,7+,8-/m1/s1. The smallest absolute Gasteiger partial charge is 0.417 e. The first kappa shape index (κ1) is 11.4. The molecule has 16 heavy (non-hydrogen) atoms. The molecule has 0 aromatic heterocycles. The number of imide groups is 1. The summed E-state index contributed by atoms with van der Waals surface area (Å²) >= 11 is 0. The number of rotatable bonds is 0. The van der Waals surface area contributed by atoms with Crippen molar-refractivity contribution in [2.24, 2.45) is 5.92 Å². The largest absolute Gasteiger partial charge is 0.443 e. The summed E-state index contributed by atoms with van der Waals surface area (Å²) in [6.45, 7) is 5.16. The summed E-state index contributed by atoms with van der Waals surface area (Å²) in [5.41, 5.74) is -0.662. The minimum Gasteiger partial charge on any atom is -0.443 e. The average molecular weight is 229 g/mol. The van der Waals surface area contributed by atoms with Gasteiger partial charge in [-0.05, 0) is 33.6 Å². The molecule has 2 fully saturated rings. The Hall–Kier alpha value is -1.13. The Labute approximate surface area is 93.7 Å². The lowest BCUT2D eigenvalue weighted by molar-refractivity contribution is -0.134. The third-order valence-corrected chi connectivity index (χ3v) is 2.96. The number of hydrogen-bond donors (Lipinski definition) is 0. The molecule has 1 saturated heterocycles. The van der Waals surface area contributed by atoms with Gasteiger partial charge in [-0.3, -0.25) is 4.79 Å². The van der Waals surface area contributed by atoms with Gasteiger partial charge in [0.2, 0.25) is 5.91 Å². The Bertz CT molecular complexity index is 337. The molecule has 5 heteroatoms. The second kappa shape index (κ2) is 3.43. The zero-order chi connectivity index (χ0) is 12.1. The summed E-state index contributed by atoms with van der Waals surface area (Å²) in [6.07, 6.45) is -1.11. The van der Waals surface area contributed by atoms with Crippen molar-refractivity contribution in [1.29, 1.82) is 0 Å². The summed E-state index contributed by atoms with van der Waals surface area (Å²) in [4.78, 5) is 24.4. The fourth-order valence-electron chi connectivity index (χ4n) is 2.33. The van der Waals surface area contributed by atoms with Crippen LogP contribution in [0.2, 0.25) is 0 Å². The van der Waals surface area contributed by atoms with E-state index < -0.39 is 23.9 Å². The minimum atomic E-state index is -1.09. The van der Waals surface area contributed by atoms with Gasteiger partial charge >= 0.3 is 6.09 Å². The van der Waals surface area contributed by atoms with Crippen molar-refractivity contribution >= 4 is 12.0 Å². The number of likely N-dealkylation sites (tertiary alicyclic amines) is 1. The molecule has 2 bridgehead atoms. The molecule has 1 aliphatic heterocycles. The van der Waals surface area contributed by atoms with Gasteiger partial charge in [0.25, 0.3) is 0 Å². The monoisotopic (exact) mass is 229 g/mol. The predicted molar refractivity (Wildman–Crippen MR) is 54.5 cm³/mol. The van der Waals surface area contributed by atoms with Gasteiger partial charge in [-0.1, -0.05) is 0 Å². The van der Waals surface area contributed by atoms with E-state index >= 15 is 0 Å². The molecule has 1 heterocycles. The molecule has 2 aliphatic rings. The number of carbonyl (C=O) groups is 2. The highest BCUT2D eigenvalue weighted by molar-refractivity contribution is 5.96. The number of alkyl halides is 1. The first-order chi connectivity index (χ1) is 7.29. The van der Waals surface area contributed by atoms with Crippen LogP contribution in [0.15, 0.2) is 0 Å². The van der Waals surface area contributed by atoms with E-state index in [1.165, 1.54) is 0 Å². The maximum atomic E-state index is 13.4. The first-order valence-electron chi connectivity index (χ1n) is 5.50. The van der Waals surface area contributed by atoms with Gasteiger partial charge in [0.1, 0.15) is 11.8 Å². The van der Waals surface area contributed by atoms with Crippen LogP contribution in [0, 0.1) is 5.92 Å². The Morgan fingerprint density at radius 1 is 1.44 bits per heavy atom. The van der Waals surface area contributed by atoms with Crippen LogP contribution in [-0.4, -0.2) is 34.7 Å². The fraction of sp³-hybridized carbons (Fsp3) is 0.818. The van der Waals surface area contributed by atoms with Crippen LogP contribution in [0.3, 0.4) is 0 Å². The van der Waals surface area contributed by atoms with Gasteiger partial charge in [0, 0.05) is 5.92 Å². The molecule has 0 N–H and O–H groups in total. The Morgan fingerprint density at radius 3 is 2.56 bits per heavy atom. The van der Waals surface area contributed by atoms with E-state index in [1.807, 2.05) is 0 Å². The molecule has 90 valence electrons. The summed E-state index contributed by atoms with van der Waals surface area (Å²) in [5, 5.41) is 0. The van der Waals surface area contributed by atoms with Gasteiger partial charge in [-0.2, -0.15) is 0 Å². The normalized spacial score (nSPS) is 33.4. The van der Waals surface area contributed by atoms with Crippen molar-refractivity contribution < 1.29 is 18.7 Å². The van der Waals surface area contributed by atoms with Crippen LogP contribution < -0.4 is 0 Å². The minimum absolute atomic E-state index is 0.253. The van der Waals surface area contributed by atoms with E-state index in [0.717, 1.165) is 4.90 Å². The van der Waals surface area contributed by atoms with E-state index in [9.17, 15) is 14.0 Å². The van der Waals surface area contributed by atoms with Crippen molar-refractivity contribution in [1.82, 2.24) is 4.90 Å². The second-order valence-corrected chi connectivity index (χ2v) is 5.44. The quantitative estimate of drug-likeness (QED) is 0.637. The SMILES string of the molecule is CC(C)(C)OC(=O)N1C(=O)[C@H]2C[C@@H]1[C@@H](F)C2. The van der Waals surface area contributed by atoms with Crippen molar-refractivity contribution in [2.75, 3.05) is 0 Å². The third-order valence-electron chi connectivity index (χ3n) is 2.96. The van der Waals surface area contributed by atoms with Gasteiger partial charge < -0.3 is 4.74 Å². The highest BCUT2D eigenvalue weighted by Gasteiger charge is 2.54. The van der Waals surface area contributed by atoms with Crippen LogP contribution >= 0.6 is 0 Å². The van der Waals surface area contributed by atoms with E-state index in [-0.39, 0.29) is 18.2 Å². The Morgan fingerprint density at radius 2 is 2.06 bits per heavy atom. The van der Waals surface area contributed by atoms with E-state index in [0.29, 0.717) is 6.42 Å². The van der Waals surface area contributed by atoms with Crippen LogP contribution in [0.25, 0.3) is 0 Å². The number of fused-ring (bicyclic) bond motifs is 2. The lowest BCUT2D eigenvalue weighted by Crippen LogP contribution is -2.48. The number of halogens is 1. The number of ether oxygens (including phenoxy) is 1. The zero-order valence-electron chi connectivity index (χ0n) is 9.70. The molecule has 0 spiro atoms. The Balaban J connectivity index is 2.10. The molecular formula is C11H16FNO3. The Kier molecular flexibility index (Phi) is 2.44. The first-order valence-corrected chi connectivity index (χ1v) is 5.50. The molecule has 0 aromatic carbocycles. The molecule has 3 atom stereocenters. The number of hydrogen-bond acceptors (Lipinski definition) is 3. The van der Waals surface area contributed by atoms with Gasteiger partial charge in [-0.25, -0.2) is 14.1 Å². The van der Waals surface area contributed by atoms with E-state index in [1.54, 1.807) is 20.8 Å². The maximum absolute atomic E-state index is 13.4. The van der Waals surface area contributed by atoms with Crippen LogP contribution in [-0.2, 0) is 9.53 Å². The molecule has 1 aliphatic carbocycles. The summed E-state index contributed by atoms with van der Waals surface area (Å²) in [5.74, 6) is -0.610. The second-order valence-electron chi connectivity index (χ2n) is 5.44. The number of carbonyl (C=O) groups excluding carboxylic acids is 2. The molecule has 0 radical (unpaired) electrons. The molecule has 2 rings (SSSR count). The summed E-state index contributed by atoms with van der Waals surface area (Å²) in [7, 11) is 0. The maximum Gasteiger partial charge on any atom is 0.417 e. The van der Waals surface area contributed by atoms with Crippen LogP contribution in [0.5, 0.6) is 0 Å². The molecule has 1 saturated carbocycles. The summed E-state index contributed by atoms with van der Waals surface area (Å²) < 4.78 is 18.5. The average Bonchev–Trinajstić information content (AvgIpc) is 2.57. The molecule has 4 nitrogen and oxygen atoms in total. The van der Waals surface area contributed by atoms with Crippen LogP contribution in [0.1, 0.15) is 33.6 Å².